The van der Waals surface area contributed by atoms with Crippen molar-refractivity contribution in [2.24, 2.45) is 5.84 Å². The van der Waals surface area contributed by atoms with Gasteiger partial charge >= 0.3 is 0 Å². The van der Waals surface area contributed by atoms with Gasteiger partial charge in [0.1, 0.15) is 11.6 Å². The van der Waals surface area contributed by atoms with Gasteiger partial charge in [0, 0.05) is 18.3 Å². The third-order valence-corrected chi connectivity index (χ3v) is 2.40. The van der Waals surface area contributed by atoms with E-state index in [1.807, 2.05) is 6.07 Å². The minimum Gasteiger partial charge on any atom is -0.493 e. The Bertz CT molecular complexity index is 622. The summed E-state index contributed by atoms with van der Waals surface area (Å²) in [5.74, 6) is 7.32. The maximum Gasteiger partial charge on any atom is 0.169 e. The van der Waals surface area contributed by atoms with E-state index in [0.29, 0.717) is 28.6 Å². The van der Waals surface area contributed by atoms with Gasteiger partial charge in [-0.2, -0.15) is 5.26 Å². The number of methoxy groups -OCH3 is 1. The molecule has 0 aliphatic heterocycles. The minimum absolute atomic E-state index is 0.484. The van der Waals surface area contributed by atoms with Gasteiger partial charge in [0.15, 0.2) is 11.5 Å². The first-order chi connectivity index (χ1) is 9.26. The van der Waals surface area contributed by atoms with E-state index in [-0.39, 0.29) is 0 Å². The van der Waals surface area contributed by atoms with E-state index in [9.17, 15) is 0 Å². The predicted molar refractivity (Wildman–Crippen MR) is 69.8 cm³/mol. The second kappa shape index (κ2) is 5.71. The average molecular weight is 256 g/mol. The summed E-state index contributed by atoms with van der Waals surface area (Å²) >= 11 is 0. The molecule has 6 heteroatoms. The molecule has 2 aromatic rings. The number of nitrogen functional groups attached to an aromatic ring is 1. The normalized spacial score (nSPS) is 9.53. The lowest BCUT2D eigenvalue weighted by atomic mass is 10.2. The summed E-state index contributed by atoms with van der Waals surface area (Å²) in [6.45, 7) is 0. The van der Waals surface area contributed by atoms with Crippen molar-refractivity contribution in [3.8, 4) is 23.3 Å². The number of rotatable bonds is 4. The second-order valence-corrected chi connectivity index (χ2v) is 3.60. The Morgan fingerprint density at radius 3 is 2.79 bits per heavy atom. The van der Waals surface area contributed by atoms with Gasteiger partial charge in [0.05, 0.1) is 18.7 Å². The quantitative estimate of drug-likeness (QED) is 0.642. The van der Waals surface area contributed by atoms with Crippen LogP contribution in [0.4, 0.5) is 5.82 Å². The summed E-state index contributed by atoms with van der Waals surface area (Å²) in [7, 11) is 1.52. The number of aromatic nitrogens is 1. The Kier molecular flexibility index (Phi) is 3.81. The average Bonchev–Trinajstić information content (AvgIpc) is 2.48. The highest BCUT2D eigenvalue weighted by atomic mass is 16.5. The summed E-state index contributed by atoms with van der Waals surface area (Å²) in [6.07, 6.45) is 1.57. The molecule has 3 N–H and O–H groups in total. The van der Waals surface area contributed by atoms with E-state index in [4.69, 9.17) is 20.6 Å². The molecule has 0 atom stereocenters. The molecular weight excluding hydrogens is 244 g/mol. The number of hydrogen-bond acceptors (Lipinski definition) is 6. The maximum absolute atomic E-state index is 8.83. The van der Waals surface area contributed by atoms with Gasteiger partial charge in [-0.05, 0) is 18.2 Å². The van der Waals surface area contributed by atoms with Crippen molar-refractivity contribution >= 4 is 5.82 Å². The highest BCUT2D eigenvalue weighted by molar-refractivity contribution is 5.49. The third kappa shape index (κ3) is 2.91. The third-order valence-electron chi connectivity index (χ3n) is 2.40. The standard InChI is InChI=1S/C13H12N4O2/c1-18-12-6-9(8-14)2-3-11(12)19-10-4-5-16-13(7-10)17-15/h2-7H,15H2,1H3,(H,16,17). The Morgan fingerprint density at radius 1 is 1.26 bits per heavy atom. The first kappa shape index (κ1) is 12.7. The number of nitriles is 1. The van der Waals surface area contributed by atoms with Crippen LogP contribution in [0.2, 0.25) is 0 Å². The number of hydrogen-bond donors (Lipinski definition) is 2. The summed E-state index contributed by atoms with van der Waals surface area (Å²) in [4.78, 5) is 3.98. The molecule has 6 nitrogen and oxygen atoms in total. The molecule has 0 unspecified atom stereocenters. The zero-order valence-corrected chi connectivity index (χ0v) is 10.3. The van der Waals surface area contributed by atoms with Crippen LogP contribution in [0.25, 0.3) is 0 Å². The van der Waals surface area contributed by atoms with Crippen molar-refractivity contribution < 1.29 is 9.47 Å². The van der Waals surface area contributed by atoms with Gasteiger partial charge in [-0.1, -0.05) is 0 Å². The van der Waals surface area contributed by atoms with Gasteiger partial charge in [-0.25, -0.2) is 10.8 Å². The van der Waals surface area contributed by atoms with Crippen molar-refractivity contribution in [3.05, 3.63) is 42.1 Å². The van der Waals surface area contributed by atoms with Crippen LogP contribution < -0.4 is 20.7 Å². The molecule has 0 spiro atoms. The summed E-state index contributed by atoms with van der Waals surface area (Å²) in [6, 6.07) is 10.3. The monoisotopic (exact) mass is 256 g/mol. The molecule has 0 aliphatic carbocycles. The van der Waals surface area contributed by atoms with E-state index >= 15 is 0 Å². The second-order valence-electron chi connectivity index (χ2n) is 3.60. The number of nitrogens with zero attached hydrogens (tertiary/aromatic N) is 2. The summed E-state index contributed by atoms with van der Waals surface area (Å²) < 4.78 is 10.9. The molecule has 1 aromatic heterocycles. The Labute approximate surface area is 110 Å². The first-order valence-electron chi connectivity index (χ1n) is 5.45. The summed E-state index contributed by atoms with van der Waals surface area (Å²) in [5, 5.41) is 8.83. The molecule has 1 aromatic carbocycles. The van der Waals surface area contributed by atoms with Gasteiger partial charge in [0.25, 0.3) is 0 Å². The number of benzene rings is 1. The van der Waals surface area contributed by atoms with E-state index in [1.54, 1.807) is 36.5 Å². The Morgan fingerprint density at radius 2 is 2.11 bits per heavy atom. The van der Waals surface area contributed by atoms with Crippen LogP contribution in [-0.2, 0) is 0 Å². The predicted octanol–water partition coefficient (Wildman–Crippen LogP) is 2.04. The molecule has 0 saturated heterocycles. The Hall–Kier alpha value is -2.78. The van der Waals surface area contributed by atoms with Crippen molar-refractivity contribution in [3.63, 3.8) is 0 Å². The molecule has 0 fully saturated rings. The number of pyridine rings is 1. The van der Waals surface area contributed by atoms with Crippen LogP contribution in [0.5, 0.6) is 17.2 Å². The van der Waals surface area contributed by atoms with Crippen molar-refractivity contribution in [1.82, 2.24) is 4.98 Å². The van der Waals surface area contributed by atoms with E-state index < -0.39 is 0 Å². The number of nitrogens with two attached hydrogens (primary N) is 1. The molecule has 96 valence electrons. The molecule has 1 heterocycles. The lowest BCUT2D eigenvalue weighted by molar-refractivity contribution is 0.378. The van der Waals surface area contributed by atoms with E-state index in [1.165, 1.54) is 7.11 Å². The highest BCUT2D eigenvalue weighted by Crippen LogP contribution is 2.32. The fourth-order valence-electron chi connectivity index (χ4n) is 1.50. The smallest absolute Gasteiger partial charge is 0.169 e. The van der Waals surface area contributed by atoms with E-state index in [0.717, 1.165) is 0 Å². The lowest BCUT2D eigenvalue weighted by Gasteiger charge is -2.10. The molecule has 0 saturated carbocycles. The van der Waals surface area contributed by atoms with Crippen molar-refractivity contribution in [2.75, 3.05) is 12.5 Å². The lowest BCUT2D eigenvalue weighted by Crippen LogP contribution is -2.08. The topological polar surface area (TPSA) is 93.2 Å². The van der Waals surface area contributed by atoms with Crippen LogP contribution in [0, 0.1) is 11.3 Å². The van der Waals surface area contributed by atoms with Crippen molar-refractivity contribution in [2.45, 2.75) is 0 Å². The maximum atomic E-state index is 8.83. The fourth-order valence-corrected chi connectivity index (χ4v) is 1.50. The van der Waals surface area contributed by atoms with Crippen molar-refractivity contribution in [1.29, 1.82) is 5.26 Å². The Balaban J connectivity index is 2.30. The molecule has 0 radical (unpaired) electrons. The zero-order valence-electron chi connectivity index (χ0n) is 10.3. The number of ether oxygens (including phenoxy) is 2. The van der Waals surface area contributed by atoms with Crippen LogP contribution in [0.3, 0.4) is 0 Å². The molecular formula is C13H12N4O2. The fraction of sp³-hybridized carbons (Fsp3) is 0.0769. The molecule has 2 rings (SSSR count). The van der Waals surface area contributed by atoms with Crippen LogP contribution in [0.1, 0.15) is 5.56 Å². The molecule has 0 bridgehead atoms. The van der Waals surface area contributed by atoms with Crippen LogP contribution >= 0.6 is 0 Å². The molecule has 0 amide bonds. The number of hydrazine groups is 1. The zero-order chi connectivity index (χ0) is 13.7. The first-order valence-corrected chi connectivity index (χ1v) is 5.45. The number of anilines is 1. The van der Waals surface area contributed by atoms with Gasteiger partial charge in [0.2, 0.25) is 0 Å². The van der Waals surface area contributed by atoms with Gasteiger partial charge < -0.3 is 14.9 Å². The minimum atomic E-state index is 0.484. The van der Waals surface area contributed by atoms with Crippen LogP contribution in [-0.4, -0.2) is 12.1 Å². The van der Waals surface area contributed by atoms with Gasteiger partial charge in [-0.15, -0.1) is 0 Å². The molecule has 0 aliphatic rings. The van der Waals surface area contributed by atoms with Gasteiger partial charge in [-0.3, -0.25) is 0 Å². The number of nitrogens with one attached hydrogen (secondary N) is 1. The molecule has 19 heavy (non-hydrogen) atoms. The SMILES string of the molecule is COc1cc(C#N)ccc1Oc1ccnc(NN)c1. The van der Waals surface area contributed by atoms with Crippen LogP contribution in [0.15, 0.2) is 36.5 Å². The highest BCUT2D eigenvalue weighted by Gasteiger charge is 2.07. The van der Waals surface area contributed by atoms with E-state index in [2.05, 4.69) is 10.4 Å². The summed E-state index contributed by atoms with van der Waals surface area (Å²) in [5.41, 5.74) is 2.94. The largest absolute Gasteiger partial charge is 0.493 e.